The number of hydrogen-bond donors (Lipinski definition) is 0. The highest BCUT2D eigenvalue weighted by Crippen LogP contribution is 2.52. The van der Waals surface area contributed by atoms with Crippen LogP contribution in [0.5, 0.6) is 5.75 Å². The van der Waals surface area contributed by atoms with Crippen molar-refractivity contribution in [1.29, 1.82) is 0 Å². The van der Waals surface area contributed by atoms with Crippen molar-refractivity contribution in [2.45, 2.75) is 70.9 Å². The zero-order valence-corrected chi connectivity index (χ0v) is 24.3. The molecule has 206 valence electrons. The van der Waals surface area contributed by atoms with E-state index < -0.39 is 44.2 Å². The van der Waals surface area contributed by atoms with E-state index in [-0.39, 0.29) is 12.3 Å². The number of esters is 2. The van der Waals surface area contributed by atoms with Crippen LogP contribution in [0.1, 0.15) is 37.5 Å². The van der Waals surface area contributed by atoms with E-state index in [9.17, 15) is 15.1 Å². The molecule has 0 spiro atoms. The predicted octanol–water partition coefficient (Wildman–Crippen LogP) is 4.55. The molecule has 4 atom stereocenters. The van der Waals surface area contributed by atoms with E-state index in [4.69, 9.17) is 23.4 Å². The average molecular weight is 551 g/mol. The third-order valence-electron chi connectivity index (χ3n) is 6.71. The molecule has 0 aromatic heterocycles. The Labute approximate surface area is 229 Å². The molecule has 4 unspecified atom stereocenters. The van der Waals surface area contributed by atoms with Crippen molar-refractivity contribution >= 4 is 31.5 Å². The van der Waals surface area contributed by atoms with Gasteiger partial charge in [-0.1, -0.05) is 36.4 Å². The Morgan fingerprint density at radius 1 is 1.00 bits per heavy atom. The summed E-state index contributed by atoms with van der Waals surface area (Å²) in [7, 11) is -0.839. The molecule has 0 aliphatic heterocycles. The van der Waals surface area contributed by atoms with Crippen LogP contribution in [0.4, 0.5) is 0 Å². The molecule has 4 rings (SSSR count). The number of rotatable bonds is 8. The molecule has 2 aliphatic carbocycles. The summed E-state index contributed by atoms with van der Waals surface area (Å²) in [4.78, 5) is 28.6. The molecule has 0 saturated heterocycles. The maximum atomic E-state index is 12.5. The molecule has 9 nitrogen and oxygen atoms in total. The van der Waals surface area contributed by atoms with Gasteiger partial charge in [0.1, 0.15) is 24.6 Å². The fourth-order valence-electron chi connectivity index (χ4n) is 5.46. The van der Waals surface area contributed by atoms with Gasteiger partial charge in [-0.25, -0.2) is 0 Å². The van der Waals surface area contributed by atoms with Crippen LogP contribution in [0, 0.1) is 0 Å². The van der Waals surface area contributed by atoms with Crippen LogP contribution in [0.3, 0.4) is 0 Å². The smallest absolute Gasteiger partial charge is 0.329 e. The van der Waals surface area contributed by atoms with Crippen LogP contribution >= 0.6 is 0 Å². The van der Waals surface area contributed by atoms with Gasteiger partial charge in [0, 0.05) is 32.1 Å². The zero-order chi connectivity index (χ0) is 28.5. The van der Waals surface area contributed by atoms with Crippen LogP contribution in [0.15, 0.2) is 54.1 Å². The lowest BCUT2D eigenvalue weighted by Gasteiger charge is -2.49. The van der Waals surface area contributed by atoms with E-state index in [0.29, 0.717) is 28.0 Å². The van der Waals surface area contributed by atoms with Gasteiger partial charge in [-0.3, -0.25) is 9.59 Å². The SMILES string of the molecule is COC1C2=C(c3c(OCc4ccccc4)cccc3C2=[N+]=[N-])C(OC(C)=O)C(O[Si](C)(C)C)C1(C)OC(C)=O. The van der Waals surface area contributed by atoms with Crippen molar-refractivity contribution in [2.24, 2.45) is 0 Å². The monoisotopic (exact) mass is 550 g/mol. The maximum Gasteiger partial charge on any atom is 0.329 e. The summed E-state index contributed by atoms with van der Waals surface area (Å²) in [6.45, 7) is 10.6. The molecule has 2 aromatic carbocycles. The van der Waals surface area contributed by atoms with E-state index in [1.165, 1.54) is 21.0 Å². The van der Waals surface area contributed by atoms with Crippen molar-refractivity contribution in [3.63, 3.8) is 0 Å². The van der Waals surface area contributed by atoms with Crippen molar-refractivity contribution in [1.82, 2.24) is 0 Å². The Kier molecular flexibility index (Phi) is 7.95. The summed E-state index contributed by atoms with van der Waals surface area (Å²) in [5.74, 6) is -0.590. The van der Waals surface area contributed by atoms with Gasteiger partial charge in [0.05, 0.1) is 11.1 Å². The van der Waals surface area contributed by atoms with Crippen LogP contribution < -0.4 is 4.74 Å². The number of carbonyl (C=O) groups excluding carboxylic acids is 2. The maximum absolute atomic E-state index is 12.5. The van der Waals surface area contributed by atoms with Gasteiger partial charge in [0.25, 0.3) is 0 Å². The highest BCUT2D eigenvalue weighted by Gasteiger charge is 2.63. The van der Waals surface area contributed by atoms with Crippen molar-refractivity contribution in [3.05, 3.63) is 76.3 Å². The number of methoxy groups -OCH3 is 1. The summed E-state index contributed by atoms with van der Waals surface area (Å²) >= 11 is 0. The summed E-state index contributed by atoms with van der Waals surface area (Å²) in [6, 6.07) is 15.1. The minimum absolute atomic E-state index is 0.221. The summed E-state index contributed by atoms with van der Waals surface area (Å²) in [6.07, 6.45) is -2.85. The number of carbonyl (C=O) groups is 2. The molecule has 0 bridgehead atoms. The number of benzene rings is 2. The van der Waals surface area contributed by atoms with Crippen LogP contribution in [-0.4, -0.2) is 61.8 Å². The first-order valence-corrected chi connectivity index (χ1v) is 16.2. The van der Waals surface area contributed by atoms with Crippen molar-refractivity contribution in [3.8, 4) is 5.75 Å². The van der Waals surface area contributed by atoms with Crippen LogP contribution in [-0.2, 0) is 34.8 Å². The highest BCUT2D eigenvalue weighted by molar-refractivity contribution is 6.69. The van der Waals surface area contributed by atoms with E-state index in [1.807, 2.05) is 56.0 Å². The first-order valence-electron chi connectivity index (χ1n) is 12.8. The minimum atomic E-state index is -2.33. The van der Waals surface area contributed by atoms with Gasteiger partial charge in [0.15, 0.2) is 20.0 Å². The molecule has 2 aliphatic rings. The lowest BCUT2D eigenvalue weighted by Crippen LogP contribution is -2.65. The third kappa shape index (κ3) is 5.46. The molecular formula is C29H34N2O7Si. The molecule has 0 fully saturated rings. The Bertz CT molecular complexity index is 1360. The Hall–Kier alpha value is -3.56. The predicted molar refractivity (Wildman–Crippen MR) is 147 cm³/mol. The first kappa shape index (κ1) is 28.4. The van der Waals surface area contributed by atoms with E-state index in [1.54, 1.807) is 19.1 Å². The summed E-state index contributed by atoms with van der Waals surface area (Å²) in [5, 5.41) is 0. The summed E-state index contributed by atoms with van der Waals surface area (Å²) < 4.78 is 30.8. The van der Waals surface area contributed by atoms with Gasteiger partial charge in [0.2, 0.25) is 0 Å². The topological polar surface area (TPSA) is 117 Å². The molecule has 0 saturated carbocycles. The molecule has 2 aromatic rings. The lowest BCUT2D eigenvalue weighted by atomic mass is 9.74. The molecule has 0 amide bonds. The normalized spacial score (nSPS) is 24.0. The standard InChI is InChI=1S/C29H34N2O7Si/c1-17(32)36-26-23-22-20(14-11-15-21(22)35-16-19-12-9-8-10-13-19)25(31-30)24(23)27(34-4)29(3,37-18(2)33)28(26)38-39(5,6)7/h8-15,26-28H,16H2,1-7H3. The van der Waals surface area contributed by atoms with E-state index in [0.717, 1.165) is 5.56 Å². The zero-order valence-electron chi connectivity index (χ0n) is 23.3. The Morgan fingerprint density at radius 2 is 1.69 bits per heavy atom. The number of fused-ring (bicyclic) bond motifs is 2. The number of nitrogens with zero attached hydrogens (tertiary/aromatic N) is 2. The molecule has 10 heteroatoms. The number of hydrogen-bond acceptors (Lipinski definition) is 7. The van der Waals surface area contributed by atoms with E-state index >= 15 is 0 Å². The first-order chi connectivity index (χ1) is 18.4. The molecule has 0 N–H and O–H groups in total. The lowest BCUT2D eigenvalue weighted by molar-refractivity contribution is -0.200. The van der Waals surface area contributed by atoms with Gasteiger partial charge in [-0.15, -0.1) is 0 Å². The quantitative estimate of drug-likeness (QED) is 0.205. The molecule has 39 heavy (non-hydrogen) atoms. The van der Waals surface area contributed by atoms with E-state index in [2.05, 4.69) is 4.79 Å². The van der Waals surface area contributed by atoms with Crippen molar-refractivity contribution < 1.29 is 37.8 Å². The molecular weight excluding hydrogens is 516 g/mol. The van der Waals surface area contributed by atoms with Gasteiger partial charge >= 0.3 is 17.7 Å². The Morgan fingerprint density at radius 3 is 2.26 bits per heavy atom. The Balaban J connectivity index is 1.98. The second-order valence-corrected chi connectivity index (χ2v) is 15.3. The summed E-state index contributed by atoms with van der Waals surface area (Å²) in [5.41, 5.74) is 12.2. The van der Waals surface area contributed by atoms with Gasteiger partial charge < -0.3 is 28.9 Å². The molecule has 0 radical (unpaired) electrons. The second kappa shape index (κ2) is 10.9. The number of ether oxygens (including phenoxy) is 4. The average Bonchev–Trinajstić information content (AvgIpc) is 3.18. The van der Waals surface area contributed by atoms with Crippen LogP contribution in [0.2, 0.25) is 19.6 Å². The largest absolute Gasteiger partial charge is 0.488 e. The van der Waals surface area contributed by atoms with Crippen molar-refractivity contribution in [2.75, 3.05) is 7.11 Å². The van der Waals surface area contributed by atoms with Gasteiger partial charge in [-0.05, 0) is 44.3 Å². The van der Waals surface area contributed by atoms with Crippen LogP contribution in [0.25, 0.3) is 11.1 Å². The fraction of sp³-hybridized carbons (Fsp3) is 0.414. The highest BCUT2D eigenvalue weighted by atomic mass is 28.4. The second-order valence-electron chi connectivity index (χ2n) is 10.8. The fourth-order valence-corrected chi connectivity index (χ4v) is 6.58. The minimum Gasteiger partial charge on any atom is -0.488 e. The third-order valence-corrected chi connectivity index (χ3v) is 7.67. The van der Waals surface area contributed by atoms with Gasteiger partial charge in [-0.2, -0.15) is 4.79 Å². The molecule has 0 heterocycles.